The zero-order chi connectivity index (χ0) is 15.4. The van der Waals surface area contributed by atoms with Crippen LogP contribution in [0.4, 0.5) is 5.82 Å². The number of hydrogen-bond acceptors (Lipinski definition) is 5. The maximum Gasteiger partial charge on any atom is 0.161 e. The van der Waals surface area contributed by atoms with Gasteiger partial charge in [-0.2, -0.15) is 0 Å². The van der Waals surface area contributed by atoms with Gasteiger partial charge in [-0.25, -0.2) is 9.97 Å². The molecule has 0 atom stereocenters. The average molecular weight is 287 g/mol. The molecule has 1 N–H and O–H groups in total. The molecule has 0 amide bonds. The summed E-state index contributed by atoms with van der Waals surface area (Å²) in [6.07, 6.45) is 0.864. The number of methoxy groups -OCH3 is 2. The highest BCUT2D eigenvalue weighted by molar-refractivity contribution is 5.63. The largest absolute Gasteiger partial charge is 0.493 e. The van der Waals surface area contributed by atoms with Gasteiger partial charge in [-0.05, 0) is 31.5 Å². The van der Waals surface area contributed by atoms with Gasteiger partial charge in [0.25, 0.3) is 0 Å². The number of nitrogens with one attached hydrogen (secondary N) is 1. The lowest BCUT2D eigenvalue weighted by molar-refractivity contribution is 0.355. The number of aryl methyl sites for hydroxylation is 1. The first-order valence-corrected chi connectivity index (χ1v) is 6.92. The quantitative estimate of drug-likeness (QED) is 0.916. The third kappa shape index (κ3) is 2.91. The van der Waals surface area contributed by atoms with Gasteiger partial charge in [-0.1, -0.05) is 6.92 Å². The van der Waals surface area contributed by atoms with E-state index in [4.69, 9.17) is 9.47 Å². The van der Waals surface area contributed by atoms with Gasteiger partial charge in [0.1, 0.15) is 5.82 Å². The topological polar surface area (TPSA) is 56.3 Å². The van der Waals surface area contributed by atoms with Crippen molar-refractivity contribution in [1.82, 2.24) is 9.97 Å². The molecule has 2 rings (SSSR count). The second-order valence-corrected chi connectivity index (χ2v) is 4.64. The molecule has 21 heavy (non-hydrogen) atoms. The Bertz CT molecular complexity index is 616. The average Bonchev–Trinajstić information content (AvgIpc) is 2.54. The first-order chi connectivity index (χ1) is 10.1. The van der Waals surface area contributed by atoms with E-state index >= 15 is 0 Å². The highest BCUT2D eigenvalue weighted by atomic mass is 16.5. The van der Waals surface area contributed by atoms with Crippen molar-refractivity contribution in [2.45, 2.75) is 20.3 Å². The predicted molar refractivity (Wildman–Crippen MR) is 84.2 cm³/mol. The Hall–Kier alpha value is -2.30. The number of rotatable bonds is 5. The summed E-state index contributed by atoms with van der Waals surface area (Å²) in [7, 11) is 5.11. The summed E-state index contributed by atoms with van der Waals surface area (Å²) in [5, 5.41) is 3.12. The van der Waals surface area contributed by atoms with Crippen LogP contribution in [0.15, 0.2) is 18.2 Å². The number of ether oxygens (including phenoxy) is 2. The Morgan fingerprint density at radius 1 is 1.10 bits per heavy atom. The van der Waals surface area contributed by atoms with Crippen molar-refractivity contribution in [3.8, 4) is 22.9 Å². The third-order valence-corrected chi connectivity index (χ3v) is 3.46. The Balaban J connectivity index is 2.56. The van der Waals surface area contributed by atoms with Crippen LogP contribution < -0.4 is 14.8 Å². The molecule has 0 bridgehead atoms. The van der Waals surface area contributed by atoms with E-state index in [9.17, 15) is 0 Å². The summed E-state index contributed by atoms with van der Waals surface area (Å²) in [4.78, 5) is 9.23. The van der Waals surface area contributed by atoms with Crippen LogP contribution in [-0.4, -0.2) is 31.2 Å². The second-order valence-electron chi connectivity index (χ2n) is 4.64. The molecule has 0 unspecified atom stereocenters. The molecule has 0 aliphatic carbocycles. The highest BCUT2D eigenvalue weighted by Gasteiger charge is 2.12. The minimum absolute atomic E-state index is 0.670. The van der Waals surface area contributed by atoms with Gasteiger partial charge in [0.15, 0.2) is 17.3 Å². The molecule has 0 radical (unpaired) electrons. The molecule has 2 aromatic rings. The maximum absolute atomic E-state index is 5.34. The van der Waals surface area contributed by atoms with Gasteiger partial charge in [-0.3, -0.25) is 0 Å². The van der Waals surface area contributed by atoms with Crippen molar-refractivity contribution in [2.75, 3.05) is 26.6 Å². The minimum atomic E-state index is 0.670. The first-order valence-electron chi connectivity index (χ1n) is 6.92. The molecular weight excluding hydrogens is 266 g/mol. The van der Waals surface area contributed by atoms with Crippen LogP contribution in [0.2, 0.25) is 0 Å². The Kier molecular flexibility index (Phi) is 4.62. The predicted octanol–water partition coefficient (Wildman–Crippen LogP) is 3.07. The van der Waals surface area contributed by atoms with Crippen molar-refractivity contribution >= 4 is 5.82 Å². The van der Waals surface area contributed by atoms with Crippen LogP contribution in [0, 0.1) is 6.92 Å². The van der Waals surface area contributed by atoms with E-state index in [0.717, 1.165) is 29.1 Å². The lowest BCUT2D eigenvalue weighted by Gasteiger charge is -2.13. The number of benzene rings is 1. The van der Waals surface area contributed by atoms with E-state index in [-0.39, 0.29) is 0 Å². The molecule has 0 fully saturated rings. The van der Waals surface area contributed by atoms with Crippen molar-refractivity contribution in [1.29, 1.82) is 0 Å². The lowest BCUT2D eigenvalue weighted by atomic mass is 10.1. The first kappa shape index (κ1) is 15.1. The Morgan fingerprint density at radius 3 is 2.38 bits per heavy atom. The molecule has 0 saturated heterocycles. The summed E-state index contributed by atoms with van der Waals surface area (Å²) < 4.78 is 10.6. The Labute approximate surface area is 125 Å². The van der Waals surface area contributed by atoms with Gasteiger partial charge in [0.05, 0.1) is 14.2 Å². The van der Waals surface area contributed by atoms with Crippen LogP contribution in [0.3, 0.4) is 0 Å². The summed E-state index contributed by atoms with van der Waals surface area (Å²) in [5.41, 5.74) is 3.03. The number of hydrogen-bond donors (Lipinski definition) is 1. The van der Waals surface area contributed by atoms with Crippen LogP contribution in [0.1, 0.15) is 18.2 Å². The Morgan fingerprint density at radius 2 is 1.81 bits per heavy atom. The molecular formula is C16H21N3O2. The molecule has 1 aromatic heterocycles. The van der Waals surface area contributed by atoms with Crippen LogP contribution in [-0.2, 0) is 6.42 Å². The molecule has 0 saturated carbocycles. The van der Waals surface area contributed by atoms with Crippen molar-refractivity contribution < 1.29 is 9.47 Å². The molecule has 0 aliphatic heterocycles. The maximum atomic E-state index is 5.34. The van der Waals surface area contributed by atoms with E-state index in [2.05, 4.69) is 22.2 Å². The van der Waals surface area contributed by atoms with E-state index in [1.165, 1.54) is 0 Å². The SMILES string of the molecule is CCc1nc(-c2ccc(OC)c(OC)c2)nc(NC)c1C. The number of anilines is 1. The van der Waals surface area contributed by atoms with Gasteiger partial charge in [0.2, 0.25) is 0 Å². The highest BCUT2D eigenvalue weighted by Crippen LogP contribution is 2.32. The van der Waals surface area contributed by atoms with E-state index in [0.29, 0.717) is 17.3 Å². The van der Waals surface area contributed by atoms with E-state index in [1.807, 2.05) is 32.2 Å². The minimum Gasteiger partial charge on any atom is -0.493 e. The van der Waals surface area contributed by atoms with Crippen LogP contribution in [0.5, 0.6) is 11.5 Å². The molecule has 1 heterocycles. The van der Waals surface area contributed by atoms with Crippen LogP contribution in [0.25, 0.3) is 11.4 Å². The van der Waals surface area contributed by atoms with Crippen molar-refractivity contribution in [3.63, 3.8) is 0 Å². The summed E-state index contributed by atoms with van der Waals surface area (Å²) in [5.74, 6) is 2.90. The fraction of sp³-hybridized carbons (Fsp3) is 0.375. The van der Waals surface area contributed by atoms with E-state index < -0.39 is 0 Å². The summed E-state index contributed by atoms with van der Waals surface area (Å²) in [6, 6.07) is 5.69. The van der Waals surface area contributed by atoms with Gasteiger partial charge < -0.3 is 14.8 Å². The fourth-order valence-corrected chi connectivity index (χ4v) is 2.26. The van der Waals surface area contributed by atoms with Gasteiger partial charge >= 0.3 is 0 Å². The summed E-state index contributed by atoms with van der Waals surface area (Å²) in [6.45, 7) is 4.12. The third-order valence-electron chi connectivity index (χ3n) is 3.46. The lowest BCUT2D eigenvalue weighted by Crippen LogP contribution is -2.04. The molecule has 0 spiro atoms. The van der Waals surface area contributed by atoms with E-state index in [1.54, 1.807) is 14.2 Å². The smallest absolute Gasteiger partial charge is 0.161 e. The number of nitrogens with zero attached hydrogens (tertiary/aromatic N) is 2. The molecule has 5 nitrogen and oxygen atoms in total. The standard InChI is InChI=1S/C16H21N3O2/c1-6-12-10(2)15(17-3)19-16(18-12)11-7-8-13(20-4)14(9-11)21-5/h7-9H,6H2,1-5H3,(H,17,18,19). The van der Waals surface area contributed by atoms with Gasteiger partial charge in [0, 0.05) is 23.9 Å². The molecule has 112 valence electrons. The zero-order valence-electron chi connectivity index (χ0n) is 13.2. The fourth-order valence-electron chi connectivity index (χ4n) is 2.26. The van der Waals surface area contributed by atoms with Crippen molar-refractivity contribution in [2.24, 2.45) is 0 Å². The number of aromatic nitrogens is 2. The molecule has 1 aromatic carbocycles. The van der Waals surface area contributed by atoms with Crippen molar-refractivity contribution in [3.05, 3.63) is 29.5 Å². The molecule has 5 heteroatoms. The molecule has 0 aliphatic rings. The summed E-state index contributed by atoms with van der Waals surface area (Å²) >= 11 is 0. The normalized spacial score (nSPS) is 10.3. The second kappa shape index (κ2) is 6.43. The van der Waals surface area contributed by atoms with Gasteiger partial charge in [-0.15, -0.1) is 0 Å². The van der Waals surface area contributed by atoms with Crippen LogP contribution >= 0.6 is 0 Å². The monoisotopic (exact) mass is 287 g/mol. The zero-order valence-corrected chi connectivity index (χ0v) is 13.2.